The molecule has 0 radical (unpaired) electrons. The highest BCUT2D eigenvalue weighted by molar-refractivity contribution is 5.77. The zero-order chi connectivity index (χ0) is 17.8. The zero-order valence-corrected chi connectivity index (χ0v) is 13.9. The highest BCUT2D eigenvalue weighted by Gasteiger charge is 2.23. The second-order valence-electron chi connectivity index (χ2n) is 5.61. The lowest BCUT2D eigenvalue weighted by Gasteiger charge is -2.11. The Morgan fingerprint density at radius 3 is 2.20 bits per heavy atom. The highest BCUT2D eigenvalue weighted by Crippen LogP contribution is 2.33. The van der Waals surface area contributed by atoms with Crippen LogP contribution < -0.4 is 10.6 Å². The van der Waals surface area contributed by atoms with Gasteiger partial charge in [0.25, 0.3) is 0 Å². The molecule has 0 aliphatic carbocycles. The van der Waals surface area contributed by atoms with Crippen LogP contribution in [-0.4, -0.2) is 14.9 Å². The topological polar surface area (TPSA) is 93.0 Å². The quantitative estimate of drug-likeness (QED) is 0.527. The number of nitrogens with zero attached hydrogens (tertiary/aromatic N) is 3. The average molecular weight is 335 g/mol. The summed E-state index contributed by atoms with van der Waals surface area (Å²) in [6.45, 7) is 3.89. The van der Waals surface area contributed by atoms with Crippen LogP contribution in [-0.2, 0) is 0 Å². The maximum atomic E-state index is 11.6. The summed E-state index contributed by atoms with van der Waals surface area (Å²) < 4.78 is 0. The summed E-state index contributed by atoms with van der Waals surface area (Å²) in [7, 11) is 0. The molecule has 7 heteroatoms. The van der Waals surface area contributed by atoms with Gasteiger partial charge in [0.05, 0.1) is 4.92 Å². The maximum absolute atomic E-state index is 11.6. The first-order chi connectivity index (χ1) is 12.0. The van der Waals surface area contributed by atoms with E-state index in [1.54, 1.807) is 0 Å². The smallest absolute Gasteiger partial charge is 0.334 e. The van der Waals surface area contributed by atoms with Gasteiger partial charge in [-0.2, -0.15) is 0 Å². The van der Waals surface area contributed by atoms with Crippen LogP contribution in [0.1, 0.15) is 11.1 Å². The number of hydrogen-bond acceptors (Lipinski definition) is 6. The Bertz CT molecular complexity index is 910. The second kappa shape index (κ2) is 6.96. The van der Waals surface area contributed by atoms with Crippen molar-refractivity contribution in [2.45, 2.75) is 13.8 Å². The summed E-state index contributed by atoms with van der Waals surface area (Å²) in [5, 5.41) is 17.6. The Balaban J connectivity index is 1.98. The fraction of sp³-hybridized carbons (Fsp3) is 0.111. The Morgan fingerprint density at radius 2 is 1.56 bits per heavy atom. The third-order valence-electron chi connectivity index (χ3n) is 3.72. The molecule has 1 aromatic heterocycles. The molecular formula is C18H17N5O2. The van der Waals surface area contributed by atoms with Crippen LogP contribution >= 0.6 is 0 Å². The normalized spacial score (nSPS) is 10.3. The van der Waals surface area contributed by atoms with E-state index < -0.39 is 4.92 Å². The molecule has 25 heavy (non-hydrogen) atoms. The largest absolute Gasteiger partial charge is 0.353 e. The lowest BCUT2D eigenvalue weighted by atomic mass is 10.2. The lowest BCUT2D eigenvalue weighted by Crippen LogP contribution is -2.06. The van der Waals surface area contributed by atoms with E-state index in [0.717, 1.165) is 16.8 Å². The molecule has 0 atom stereocenters. The van der Waals surface area contributed by atoms with Gasteiger partial charge in [-0.1, -0.05) is 35.9 Å². The molecule has 0 aliphatic rings. The van der Waals surface area contributed by atoms with Gasteiger partial charge >= 0.3 is 5.69 Å². The number of nitro groups is 1. The molecule has 0 saturated heterocycles. The monoisotopic (exact) mass is 335 g/mol. The number of hydrogen-bond donors (Lipinski definition) is 2. The van der Waals surface area contributed by atoms with E-state index in [0.29, 0.717) is 5.69 Å². The predicted molar refractivity (Wildman–Crippen MR) is 97.6 cm³/mol. The third-order valence-corrected chi connectivity index (χ3v) is 3.72. The van der Waals surface area contributed by atoms with Crippen molar-refractivity contribution in [2.75, 3.05) is 10.6 Å². The van der Waals surface area contributed by atoms with Gasteiger partial charge < -0.3 is 10.6 Å². The first-order valence-electron chi connectivity index (χ1n) is 7.70. The van der Waals surface area contributed by atoms with Gasteiger partial charge in [0, 0.05) is 11.4 Å². The number of rotatable bonds is 5. The van der Waals surface area contributed by atoms with Crippen LogP contribution in [0, 0.1) is 24.0 Å². The Hall–Kier alpha value is -3.48. The zero-order valence-electron chi connectivity index (χ0n) is 13.9. The molecule has 0 fully saturated rings. The van der Waals surface area contributed by atoms with Crippen LogP contribution in [0.4, 0.5) is 28.7 Å². The Morgan fingerprint density at radius 1 is 0.920 bits per heavy atom. The van der Waals surface area contributed by atoms with Crippen molar-refractivity contribution in [3.8, 4) is 0 Å². The fourth-order valence-corrected chi connectivity index (χ4v) is 2.35. The molecule has 7 nitrogen and oxygen atoms in total. The van der Waals surface area contributed by atoms with Gasteiger partial charge in [0.2, 0.25) is 11.6 Å². The van der Waals surface area contributed by atoms with Crippen LogP contribution in [0.5, 0.6) is 0 Å². The highest BCUT2D eigenvalue weighted by atomic mass is 16.6. The van der Waals surface area contributed by atoms with E-state index >= 15 is 0 Å². The molecule has 0 spiro atoms. The fourth-order valence-electron chi connectivity index (χ4n) is 2.35. The number of nitrogens with one attached hydrogen (secondary N) is 2. The summed E-state index contributed by atoms with van der Waals surface area (Å²) >= 11 is 0. The van der Waals surface area contributed by atoms with Crippen LogP contribution in [0.25, 0.3) is 0 Å². The average Bonchev–Trinajstić information content (AvgIpc) is 2.59. The van der Waals surface area contributed by atoms with Gasteiger partial charge in [-0.3, -0.25) is 10.1 Å². The molecule has 0 bridgehead atoms. The summed E-state index contributed by atoms with van der Waals surface area (Å²) in [4.78, 5) is 19.2. The molecule has 0 saturated carbocycles. The molecule has 1 heterocycles. The summed E-state index contributed by atoms with van der Waals surface area (Å²) in [6, 6.07) is 15.0. The van der Waals surface area contributed by atoms with Crippen molar-refractivity contribution in [3.63, 3.8) is 0 Å². The molecule has 3 rings (SSSR count). The van der Waals surface area contributed by atoms with Gasteiger partial charge in [-0.05, 0) is 37.6 Å². The van der Waals surface area contributed by atoms with E-state index in [1.165, 1.54) is 6.33 Å². The van der Waals surface area contributed by atoms with Crippen LogP contribution in [0.3, 0.4) is 0 Å². The van der Waals surface area contributed by atoms with E-state index in [4.69, 9.17) is 0 Å². The number of anilines is 4. The summed E-state index contributed by atoms with van der Waals surface area (Å²) in [6.07, 6.45) is 1.30. The molecule has 2 aromatic carbocycles. The van der Waals surface area contributed by atoms with Gasteiger partial charge in [0.15, 0.2) is 0 Å². The number of benzene rings is 2. The molecule has 0 aliphatic heterocycles. The maximum Gasteiger partial charge on any atom is 0.353 e. The predicted octanol–water partition coefficient (Wildman–Crippen LogP) is 4.49. The molecule has 0 unspecified atom stereocenters. The van der Waals surface area contributed by atoms with Gasteiger partial charge in [0.1, 0.15) is 6.33 Å². The number of aryl methyl sites for hydroxylation is 2. The molecule has 2 N–H and O–H groups in total. The lowest BCUT2D eigenvalue weighted by molar-refractivity contribution is -0.383. The van der Waals surface area contributed by atoms with E-state index in [2.05, 4.69) is 20.6 Å². The van der Waals surface area contributed by atoms with E-state index in [9.17, 15) is 10.1 Å². The molecule has 3 aromatic rings. The molecule has 126 valence electrons. The third kappa shape index (κ3) is 3.72. The van der Waals surface area contributed by atoms with Crippen molar-refractivity contribution in [1.82, 2.24) is 9.97 Å². The van der Waals surface area contributed by atoms with Crippen molar-refractivity contribution in [2.24, 2.45) is 0 Å². The Labute approximate surface area is 144 Å². The molecular weight excluding hydrogens is 318 g/mol. The summed E-state index contributed by atoms with van der Waals surface area (Å²) in [5.74, 6) is 0.281. The SMILES string of the molecule is Cc1ccc(Nc2ncnc(Nc3ccccc3C)c2[N+](=O)[O-])cc1. The van der Waals surface area contributed by atoms with E-state index in [-0.39, 0.29) is 17.3 Å². The first kappa shape index (κ1) is 16.4. The van der Waals surface area contributed by atoms with Crippen LogP contribution in [0.15, 0.2) is 54.9 Å². The summed E-state index contributed by atoms with van der Waals surface area (Å²) in [5.41, 5.74) is 3.33. The minimum Gasteiger partial charge on any atom is -0.334 e. The minimum atomic E-state index is -0.489. The standard InChI is InChI=1S/C18H17N5O2/c1-12-7-9-14(10-8-12)21-17-16(23(24)25)18(20-11-19-17)22-15-6-4-3-5-13(15)2/h3-11H,1-2H3,(H2,19,20,21,22). The van der Waals surface area contributed by atoms with Crippen molar-refractivity contribution in [1.29, 1.82) is 0 Å². The van der Waals surface area contributed by atoms with Gasteiger partial charge in [-0.25, -0.2) is 9.97 Å². The second-order valence-corrected chi connectivity index (χ2v) is 5.61. The van der Waals surface area contributed by atoms with E-state index in [1.807, 2.05) is 62.4 Å². The van der Waals surface area contributed by atoms with Crippen LogP contribution in [0.2, 0.25) is 0 Å². The van der Waals surface area contributed by atoms with Gasteiger partial charge in [-0.15, -0.1) is 0 Å². The van der Waals surface area contributed by atoms with Crippen molar-refractivity contribution in [3.05, 3.63) is 76.1 Å². The Kier molecular flexibility index (Phi) is 4.56. The number of aromatic nitrogens is 2. The number of para-hydroxylation sites is 1. The first-order valence-corrected chi connectivity index (χ1v) is 7.70. The van der Waals surface area contributed by atoms with Crippen molar-refractivity contribution < 1.29 is 4.92 Å². The molecule has 0 amide bonds. The van der Waals surface area contributed by atoms with Crippen molar-refractivity contribution >= 4 is 28.7 Å². The minimum absolute atomic E-state index is 0.139.